The lowest BCUT2D eigenvalue weighted by atomic mass is 10.1. The van der Waals surface area contributed by atoms with E-state index in [0.717, 1.165) is 16.9 Å². The van der Waals surface area contributed by atoms with Crippen LogP contribution in [0.2, 0.25) is 5.02 Å². The molecule has 2 aromatic heterocycles. The van der Waals surface area contributed by atoms with Crippen molar-refractivity contribution in [2.75, 3.05) is 5.32 Å². The highest BCUT2D eigenvalue weighted by atomic mass is 35.5. The summed E-state index contributed by atoms with van der Waals surface area (Å²) in [5, 5.41) is 3.25. The van der Waals surface area contributed by atoms with Gasteiger partial charge in [0.2, 0.25) is 0 Å². The number of aromatic nitrogens is 2. The Hall–Kier alpha value is -3.70. The van der Waals surface area contributed by atoms with Crippen LogP contribution in [0.15, 0.2) is 85.2 Å². The molecule has 0 radical (unpaired) electrons. The second-order valence-corrected chi connectivity index (χ2v) is 7.16. The first-order chi connectivity index (χ1) is 14.5. The summed E-state index contributed by atoms with van der Waals surface area (Å²) in [5.41, 5.74) is 4.13. The lowest BCUT2D eigenvalue weighted by Gasteiger charge is -2.12. The third kappa shape index (κ3) is 3.88. The number of benzene rings is 2. The molecule has 0 unspecified atom stereocenters. The number of para-hydroxylation sites is 1. The van der Waals surface area contributed by atoms with E-state index in [1.54, 1.807) is 42.7 Å². The number of halogens is 1. The summed E-state index contributed by atoms with van der Waals surface area (Å²) in [6.07, 6.45) is 3.10. The summed E-state index contributed by atoms with van der Waals surface area (Å²) in [4.78, 5) is 29.5. The van der Waals surface area contributed by atoms with E-state index in [2.05, 4.69) is 10.3 Å². The number of carbonyl (C=O) groups is 2. The van der Waals surface area contributed by atoms with Gasteiger partial charge in [0.25, 0.3) is 11.7 Å². The molecule has 6 heteroatoms. The van der Waals surface area contributed by atoms with E-state index in [9.17, 15) is 9.59 Å². The minimum Gasteiger partial charge on any atom is -0.319 e. The molecule has 0 aliphatic heterocycles. The van der Waals surface area contributed by atoms with Crippen molar-refractivity contribution in [1.29, 1.82) is 0 Å². The number of pyridine rings is 1. The van der Waals surface area contributed by atoms with Crippen LogP contribution >= 0.6 is 11.6 Å². The monoisotopic (exact) mass is 415 g/mol. The first-order valence-corrected chi connectivity index (χ1v) is 9.72. The minimum absolute atomic E-state index is 0.343. The van der Waals surface area contributed by atoms with Crippen LogP contribution < -0.4 is 5.32 Å². The zero-order valence-corrected chi connectivity index (χ0v) is 16.9. The lowest BCUT2D eigenvalue weighted by molar-refractivity contribution is -0.112. The molecule has 0 spiro atoms. The van der Waals surface area contributed by atoms with Crippen LogP contribution in [-0.2, 0) is 4.79 Å². The highest BCUT2D eigenvalue weighted by molar-refractivity contribution is 6.47. The largest absolute Gasteiger partial charge is 0.319 e. The van der Waals surface area contributed by atoms with Crippen LogP contribution in [0, 0.1) is 6.92 Å². The maximum Gasteiger partial charge on any atom is 0.296 e. The molecule has 1 N–H and O–H groups in total. The van der Waals surface area contributed by atoms with Gasteiger partial charge in [0.15, 0.2) is 0 Å². The van der Waals surface area contributed by atoms with Gasteiger partial charge < -0.3 is 9.88 Å². The van der Waals surface area contributed by atoms with Crippen LogP contribution in [0.1, 0.15) is 16.1 Å². The minimum atomic E-state index is -0.697. The summed E-state index contributed by atoms with van der Waals surface area (Å²) in [6, 6.07) is 22.1. The second-order valence-electron chi connectivity index (χ2n) is 6.73. The van der Waals surface area contributed by atoms with Gasteiger partial charge in [-0.15, -0.1) is 0 Å². The third-order valence-electron chi connectivity index (χ3n) is 4.79. The van der Waals surface area contributed by atoms with Gasteiger partial charge in [-0.25, -0.2) is 0 Å². The van der Waals surface area contributed by atoms with E-state index >= 15 is 0 Å². The van der Waals surface area contributed by atoms with Crippen molar-refractivity contribution in [2.45, 2.75) is 6.92 Å². The van der Waals surface area contributed by atoms with E-state index in [1.807, 2.05) is 54.0 Å². The predicted molar refractivity (Wildman–Crippen MR) is 118 cm³/mol. The summed E-state index contributed by atoms with van der Waals surface area (Å²) >= 11 is 6.04. The molecule has 5 nitrogen and oxygen atoms in total. The zero-order valence-electron chi connectivity index (χ0n) is 16.2. The predicted octanol–water partition coefficient (Wildman–Crippen LogP) is 5.32. The average molecular weight is 416 g/mol. The van der Waals surface area contributed by atoms with Crippen molar-refractivity contribution in [1.82, 2.24) is 9.55 Å². The molecule has 0 atom stereocenters. The topological polar surface area (TPSA) is 64.0 Å². The van der Waals surface area contributed by atoms with E-state index in [-0.39, 0.29) is 0 Å². The maximum absolute atomic E-state index is 13.0. The SMILES string of the molecule is Cc1c(C(=O)C(=O)Nc2ccncc2)cc(-c2ccc(Cl)cc2)n1-c1ccccc1. The Kier molecular flexibility index (Phi) is 5.46. The van der Waals surface area contributed by atoms with Gasteiger partial charge in [-0.3, -0.25) is 14.6 Å². The quantitative estimate of drug-likeness (QED) is 0.354. The second kappa shape index (κ2) is 8.35. The molecule has 148 valence electrons. The Balaban J connectivity index is 1.78. The Bertz CT molecular complexity index is 1200. The lowest BCUT2D eigenvalue weighted by Crippen LogP contribution is -2.23. The highest BCUT2D eigenvalue weighted by Gasteiger charge is 2.24. The molecule has 4 aromatic rings. The molecule has 30 heavy (non-hydrogen) atoms. The van der Waals surface area contributed by atoms with Gasteiger partial charge in [-0.2, -0.15) is 0 Å². The summed E-state index contributed by atoms with van der Waals surface area (Å²) < 4.78 is 1.97. The number of anilines is 1. The number of hydrogen-bond donors (Lipinski definition) is 1. The van der Waals surface area contributed by atoms with E-state index in [4.69, 9.17) is 11.6 Å². The maximum atomic E-state index is 13.0. The Morgan fingerprint density at radius 1 is 0.933 bits per heavy atom. The van der Waals surface area contributed by atoms with E-state index in [0.29, 0.717) is 22.0 Å². The number of amides is 1. The normalized spacial score (nSPS) is 10.6. The van der Waals surface area contributed by atoms with Gasteiger partial charge >= 0.3 is 0 Å². The first-order valence-electron chi connectivity index (χ1n) is 9.34. The van der Waals surface area contributed by atoms with Gasteiger partial charge in [0.1, 0.15) is 0 Å². The van der Waals surface area contributed by atoms with Gasteiger partial charge in [-0.05, 0) is 55.0 Å². The molecule has 2 heterocycles. The van der Waals surface area contributed by atoms with Crippen LogP contribution in [-0.4, -0.2) is 21.2 Å². The molecule has 2 aromatic carbocycles. The van der Waals surface area contributed by atoms with Gasteiger partial charge in [0, 0.05) is 40.0 Å². The average Bonchev–Trinajstić information content (AvgIpc) is 3.12. The summed E-state index contributed by atoms with van der Waals surface area (Å²) in [7, 11) is 0. The summed E-state index contributed by atoms with van der Waals surface area (Å²) in [6.45, 7) is 1.83. The number of nitrogens with zero attached hydrogens (tertiary/aromatic N) is 2. The number of carbonyl (C=O) groups excluding carboxylic acids is 2. The number of Topliss-reactive ketones (excluding diaryl/α,β-unsaturated/α-hetero) is 1. The number of rotatable bonds is 5. The van der Waals surface area contributed by atoms with Crippen LogP contribution in [0.25, 0.3) is 16.9 Å². The van der Waals surface area contributed by atoms with E-state index in [1.165, 1.54) is 0 Å². The third-order valence-corrected chi connectivity index (χ3v) is 5.04. The molecular formula is C24H18ClN3O2. The van der Waals surface area contributed by atoms with Crippen molar-refractivity contribution in [3.63, 3.8) is 0 Å². The number of nitrogens with one attached hydrogen (secondary N) is 1. The van der Waals surface area contributed by atoms with E-state index < -0.39 is 11.7 Å². The van der Waals surface area contributed by atoms with Crippen molar-refractivity contribution >= 4 is 29.0 Å². The molecule has 0 saturated carbocycles. The molecule has 0 aliphatic carbocycles. The van der Waals surface area contributed by atoms with Crippen LogP contribution in [0.3, 0.4) is 0 Å². The number of ketones is 1. The molecule has 0 fully saturated rings. The highest BCUT2D eigenvalue weighted by Crippen LogP contribution is 2.30. The first kappa shape index (κ1) is 19.6. The van der Waals surface area contributed by atoms with Gasteiger partial charge in [-0.1, -0.05) is 41.9 Å². The Morgan fingerprint density at radius 3 is 2.27 bits per heavy atom. The van der Waals surface area contributed by atoms with Crippen LogP contribution in [0.5, 0.6) is 0 Å². The fourth-order valence-electron chi connectivity index (χ4n) is 3.32. The molecular weight excluding hydrogens is 398 g/mol. The van der Waals surface area contributed by atoms with Crippen molar-refractivity contribution in [2.24, 2.45) is 0 Å². The zero-order chi connectivity index (χ0) is 21.1. The molecule has 4 rings (SSSR count). The molecule has 0 bridgehead atoms. The van der Waals surface area contributed by atoms with Crippen LogP contribution in [0.4, 0.5) is 5.69 Å². The molecule has 0 saturated heterocycles. The fourth-order valence-corrected chi connectivity index (χ4v) is 3.45. The standard InChI is InChI=1S/C24H18ClN3O2/c1-16-21(23(29)24(30)27-19-11-13-26-14-12-19)15-22(17-7-9-18(25)10-8-17)28(16)20-5-3-2-4-6-20/h2-15H,1H3,(H,26,27,30). The smallest absolute Gasteiger partial charge is 0.296 e. The Labute approximate surface area is 179 Å². The van der Waals surface area contributed by atoms with Crippen molar-refractivity contribution in [3.05, 3.63) is 101 Å². The Morgan fingerprint density at radius 2 is 1.60 bits per heavy atom. The van der Waals surface area contributed by atoms with Crippen molar-refractivity contribution < 1.29 is 9.59 Å². The van der Waals surface area contributed by atoms with Crippen molar-refractivity contribution in [3.8, 4) is 16.9 Å². The molecule has 0 aliphatic rings. The number of hydrogen-bond acceptors (Lipinski definition) is 3. The summed E-state index contributed by atoms with van der Waals surface area (Å²) in [5.74, 6) is -1.30. The fraction of sp³-hybridized carbons (Fsp3) is 0.0417. The van der Waals surface area contributed by atoms with Gasteiger partial charge in [0.05, 0.1) is 5.69 Å². The molecule has 1 amide bonds.